The molecule has 0 radical (unpaired) electrons. The van der Waals surface area contributed by atoms with Gasteiger partial charge in [-0.05, 0) is 26.5 Å². The van der Waals surface area contributed by atoms with Gasteiger partial charge < -0.3 is 10.4 Å². The minimum absolute atomic E-state index is 0.0737. The first kappa shape index (κ1) is 15.4. The number of likely N-dealkylation sites (N-methyl/N-ethyl adjacent to an activating group) is 1. The molecule has 1 amide bonds. The Labute approximate surface area is 113 Å². The summed E-state index contributed by atoms with van der Waals surface area (Å²) in [6, 6.07) is 3.82. The summed E-state index contributed by atoms with van der Waals surface area (Å²) in [6.45, 7) is 4.66. The van der Waals surface area contributed by atoms with Crippen LogP contribution >= 0.6 is 0 Å². The van der Waals surface area contributed by atoms with Crippen LogP contribution in [0.4, 0.5) is 4.39 Å². The molecule has 0 bridgehead atoms. The summed E-state index contributed by atoms with van der Waals surface area (Å²) in [5.41, 5.74) is 0.462. The molecule has 1 atom stereocenters. The van der Waals surface area contributed by atoms with E-state index in [0.29, 0.717) is 12.1 Å². The Hall–Kier alpha value is -1.62. The maximum absolute atomic E-state index is 13.7. The molecule has 0 saturated heterocycles. The van der Waals surface area contributed by atoms with Gasteiger partial charge in [-0.25, -0.2) is 4.39 Å². The van der Waals surface area contributed by atoms with Crippen LogP contribution in [0.5, 0.6) is 5.75 Å². The lowest BCUT2D eigenvalue weighted by atomic mass is 10.1. The highest BCUT2D eigenvalue weighted by Crippen LogP contribution is 2.24. The highest BCUT2D eigenvalue weighted by Gasteiger charge is 2.18. The summed E-state index contributed by atoms with van der Waals surface area (Å²) >= 11 is 0. The Balaban J connectivity index is 2.65. The van der Waals surface area contributed by atoms with E-state index in [9.17, 15) is 14.3 Å². The van der Waals surface area contributed by atoms with Gasteiger partial charge in [-0.1, -0.05) is 13.0 Å². The van der Waals surface area contributed by atoms with Crippen LogP contribution < -0.4 is 5.32 Å². The number of nitrogens with one attached hydrogen (secondary N) is 1. The molecule has 1 aromatic rings. The Morgan fingerprint density at radius 1 is 1.53 bits per heavy atom. The van der Waals surface area contributed by atoms with Crippen LogP contribution in [0.3, 0.4) is 0 Å². The first-order valence-electron chi connectivity index (χ1n) is 6.41. The van der Waals surface area contributed by atoms with Crippen molar-refractivity contribution < 1.29 is 14.3 Å². The normalized spacial score (nSPS) is 12.5. The topological polar surface area (TPSA) is 52.6 Å². The number of phenols is 1. The molecule has 0 heterocycles. The van der Waals surface area contributed by atoms with Gasteiger partial charge in [-0.15, -0.1) is 0 Å². The molecule has 2 N–H and O–H groups in total. The number of carbonyl (C=O) groups excluding carboxylic acids is 1. The van der Waals surface area contributed by atoms with Gasteiger partial charge in [0.2, 0.25) is 5.91 Å². The van der Waals surface area contributed by atoms with Gasteiger partial charge >= 0.3 is 0 Å². The average Bonchev–Trinajstić information content (AvgIpc) is 2.35. The molecule has 0 aliphatic rings. The number of phenolic OH excluding ortho intramolecular Hbond substituents is 1. The standard InChI is InChI=1S/C14H21FN2O2/c1-4-7-16-14(19)9-17(3)10(2)12-6-5-11(18)8-13(12)15/h5-6,8,10,18H,4,7,9H2,1-3H3,(H,16,19). The van der Waals surface area contributed by atoms with Crippen molar-refractivity contribution in [3.05, 3.63) is 29.6 Å². The lowest BCUT2D eigenvalue weighted by molar-refractivity contribution is -0.122. The first-order chi connectivity index (χ1) is 8.95. The SMILES string of the molecule is CCCNC(=O)CN(C)C(C)c1ccc(O)cc1F. The molecule has 0 aromatic heterocycles. The molecule has 1 aromatic carbocycles. The quantitative estimate of drug-likeness (QED) is 0.830. The van der Waals surface area contributed by atoms with Crippen molar-refractivity contribution >= 4 is 5.91 Å². The van der Waals surface area contributed by atoms with E-state index in [0.717, 1.165) is 12.5 Å². The third-order valence-corrected chi connectivity index (χ3v) is 3.06. The average molecular weight is 268 g/mol. The van der Waals surface area contributed by atoms with Crippen LogP contribution in [-0.4, -0.2) is 36.1 Å². The summed E-state index contributed by atoms with van der Waals surface area (Å²) in [5, 5.41) is 12.0. The minimum Gasteiger partial charge on any atom is -0.508 e. The molecular formula is C14H21FN2O2. The molecule has 1 unspecified atom stereocenters. The predicted molar refractivity (Wildman–Crippen MR) is 72.4 cm³/mol. The van der Waals surface area contributed by atoms with Crippen molar-refractivity contribution in [3.8, 4) is 5.75 Å². The second-order valence-corrected chi connectivity index (χ2v) is 4.65. The fraction of sp³-hybridized carbons (Fsp3) is 0.500. The lowest BCUT2D eigenvalue weighted by Crippen LogP contribution is -2.36. The third-order valence-electron chi connectivity index (χ3n) is 3.06. The third kappa shape index (κ3) is 4.52. The largest absolute Gasteiger partial charge is 0.508 e. The minimum atomic E-state index is -0.465. The molecule has 5 heteroatoms. The number of halogens is 1. The smallest absolute Gasteiger partial charge is 0.234 e. The summed E-state index contributed by atoms with van der Waals surface area (Å²) in [5.74, 6) is -0.638. The van der Waals surface area contributed by atoms with Crippen LogP contribution in [0.25, 0.3) is 0 Å². The highest BCUT2D eigenvalue weighted by molar-refractivity contribution is 5.78. The van der Waals surface area contributed by atoms with Gasteiger partial charge in [0.25, 0.3) is 0 Å². The van der Waals surface area contributed by atoms with E-state index in [2.05, 4.69) is 5.32 Å². The van der Waals surface area contributed by atoms with Crippen molar-refractivity contribution in [2.45, 2.75) is 26.3 Å². The molecule has 4 nitrogen and oxygen atoms in total. The number of hydrogen-bond acceptors (Lipinski definition) is 3. The van der Waals surface area contributed by atoms with Crippen LogP contribution in [0, 0.1) is 5.82 Å². The van der Waals surface area contributed by atoms with Gasteiger partial charge in [-0.2, -0.15) is 0 Å². The van der Waals surface area contributed by atoms with Gasteiger partial charge in [0.15, 0.2) is 0 Å². The van der Waals surface area contributed by atoms with Crippen LogP contribution in [0.1, 0.15) is 31.9 Å². The molecule has 0 fully saturated rings. The van der Waals surface area contributed by atoms with Gasteiger partial charge in [0.05, 0.1) is 6.54 Å². The number of benzene rings is 1. The molecule has 0 aliphatic heterocycles. The van der Waals surface area contributed by atoms with Crippen molar-refractivity contribution in [2.75, 3.05) is 20.1 Å². The second-order valence-electron chi connectivity index (χ2n) is 4.65. The van der Waals surface area contributed by atoms with Crippen molar-refractivity contribution in [1.82, 2.24) is 10.2 Å². The van der Waals surface area contributed by atoms with Crippen LogP contribution in [0.2, 0.25) is 0 Å². The van der Waals surface area contributed by atoms with E-state index in [1.807, 2.05) is 13.8 Å². The molecule has 106 valence electrons. The Bertz CT molecular complexity index is 437. The molecule has 0 aliphatic carbocycles. The Kier molecular flexibility index (Phi) is 5.76. The van der Waals surface area contributed by atoms with Crippen LogP contribution in [0.15, 0.2) is 18.2 Å². The molecule has 0 saturated carbocycles. The van der Waals surface area contributed by atoms with Crippen molar-refractivity contribution in [3.63, 3.8) is 0 Å². The summed E-state index contributed by atoms with van der Waals surface area (Å²) in [6.07, 6.45) is 0.887. The number of carbonyl (C=O) groups is 1. The molecule has 19 heavy (non-hydrogen) atoms. The van der Waals surface area contributed by atoms with Crippen molar-refractivity contribution in [2.24, 2.45) is 0 Å². The number of rotatable bonds is 6. The zero-order chi connectivity index (χ0) is 14.4. The predicted octanol–water partition coefficient (Wildman–Crippen LogP) is 2.05. The Morgan fingerprint density at radius 2 is 2.21 bits per heavy atom. The zero-order valence-electron chi connectivity index (χ0n) is 11.6. The highest BCUT2D eigenvalue weighted by atomic mass is 19.1. The van der Waals surface area contributed by atoms with Crippen LogP contribution in [-0.2, 0) is 4.79 Å². The number of hydrogen-bond donors (Lipinski definition) is 2. The van der Waals surface area contributed by atoms with E-state index in [-0.39, 0.29) is 24.2 Å². The fourth-order valence-electron chi connectivity index (χ4n) is 1.78. The molecule has 0 spiro atoms. The van der Waals surface area contributed by atoms with E-state index in [1.165, 1.54) is 12.1 Å². The summed E-state index contributed by atoms with van der Waals surface area (Å²) in [7, 11) is 1.77. The summed E-state index contributed by atoms with van der Waals surface area (Å²) < 4.78 is 13.7. The fourth-order valence-corrected chi connectivity index (χ4v) is 1.78. The lowest BCUT2D eigenvalue weighted by Gasteiger charge is -2.24. The zero-order valence-corrected chi connectivity index (χ0v) is 11.6. The summed E-state index contributed by atoms with van der Waals surface area (Å²) in [4.78, 5) is 13.4. The maximum Gasteiger partial charge on any atom is 0.234 e. The van der Waals surface area contributed by atoms with Gasteiger partial charge in [0, 0.05) is 24.2 Å². The van der Waals surface area contributed by atoms with E-state index < -0.39 is 5.82 Å². The van der Waals surface area contributed by atoms with Gasteiger partial charge in [-0.3, -0.25) is 9.69 Å². The first-order valence-corrected chi connectivity index (χ1v) is 6.41. The molecule has 1 rings (SSSR count). The monoisotopic (exact) mass is 268 g/mol. The number of amides is 1. The number of nitrogens with zero attached hydrogens (tertiary/aromatic N) is 1. The maximum atomic E-state index is 13.7. The second kappa shape index (κ2) is 7.09. The van der Waals surface area contributed by atoms with Crippen molar-refractivity contribution in [1.29, 1.82) is 0 Å². The van der Waals surface area contributed by atoms with Gasteiger partial charge in [0.1, 0.15) is 11.6 Å². The van der Waals surface area contributed by atoms with E-state index >= 15 is 0 Å². The number of aromatic hydroxyl groups is 1. The van der Waals surface area contributed by atoms with E-state index in [4.69, 9.17) is 0 Å². The molecular weight excluding hydrogens is 247 g/mol. The Morgan fingerprint density at radius 3 is 2.79 bits per heavy atom. The van der Waals surface area contributed by atoms with E-state index in [1.54, 1.807) is 11.9 Å².